The van der Waals surface area contributed by atoms with Gasteiger partial charge in [0.1, 0.15) is 0 Å². The lowest BCUT2D eigenvalue weighted by Gasteiger charge is -2.39. The van der Waals surface area contributed by atoms with Gasteiger partial charge in [-0.05, 0) is 36.1 Å². The van der Waals surface area contributed by atoms with Crippen molar-refractivity contribution in [1.82, 2.24) is 4.90 Å². The second-order valence-corrected chi connectivity index (χ2v) is 6.16. The highest BCUT2D eigenvalue weighted by atomic mass is 16.5. The highest BCUT2D eigenvalue weighted by molar-refractivity contribution is 5.91. The van der Waals surface area contributed by atoms with Crippen LogP contribution in [-0.4, -0.2) is 23.9 Å². The standard InChI is InChI=1S/C19H19NO3/c21-18(6-5-15-7-12-22-13-15)20-10-8-19(9-11-20)17-4-2-1-3-16(17)14-23-19/h1-7,12-13H,8-11,14H2. The summed E-state index contributed by atoms with van der Waals surface area (Å²) in [5.41, 5.74) is 3.30. The summed E-state index contributed by atoms with van der Waals surface area (Å²) in [4.78, 5) is 14.2. The van der Waals surface area contributed by atoms with Crippen molar-refractivity contribution in [3.8, 4) is 0 Å². The van der Waals surface area contributed by atoms with Gasteiger partial charge in [-0.15, -0.1) is 0 Å². The molecule has 3 heterocycles. The van der Waals surface area contributed by atoms with Gasteiger partial charge in [-0.1, -0.05) is 24.3 Å². The lowest BCUT2D eigenvalue weighted by Crippen LogP contribution is -2.44. The summed E-state index contributed by atoms with van der Waals surface area (Å²) >= 11 is 0. The molecule has 2 aliphatic rings. The van der Waals surface area contributed by atoms with Crippen LogP contribution in [-0.2, 0) is 21.7 Å². The number of rotatable bonds is 2. The molecular formula is C19H19NO3. The maximum atomic E-state index is 12.3. The Balaban J connectivity index is 1.43. The van der Waals surface area contributed by atoms with Crippen LogP contribution in [0.5, 0.6) is 0 Å². The molecule has 2 aromatic rings. The van der Waals surface area contributed by atoms with E-state index in [1.54, 1.807) is 24.7 Å². The van der Waals surface area contributed by atoms with Gasteiger partial charge in [-0.3, -0.25) is 4.79 Å². The second kappa shape index (κ2) is 5.70. The first-order valence-electron chi connectivity index (χ1n) is 7.98. The molecule has 23 heavy (non-hydrogen) atoms. The van der Waals surface area contributed by atoms with Gasteiger partial charge in [-0.2, -0.15) is 0 Å². The zero-order chi connectivity index (χ0) is 15.7. The molecule has 0 radical (unpaired) electrons. The molecule has 4 rings (SSSR count). The molecule has 118 valence electrons. The first-order chi connectivity index (χ1) is 11.3. The van der Waals surface area contributed by atoms with E-state index in [4.69, 9.17) is 9.15 Å². The SMILES string of the molecule is O=C(C=Cc1ccoc1)N1CCC2(CC1)OCc1ccccc12. The van der Waals surface area contributed by atoms with Crippen LogP contribution in [0.2, 0.25) is 0 Å². The van der Waals surface area contributed by atoms with Gasteiger partial charge in [0, 0.05) is 24.7 Å². The smallest absolute Gasteiger partial charge is 0.246 e. The highest BCUT2D eigenvalue weighted by Gasteiger charge is 2.42. The maximum absolute atomic E-state index is 12.3. The molecule has 4 heteroatoms. The number of ether oxygens (including phenoxy) is 1. The molecule has 1 aromatic heterocycles. The minimum absolute atomic E-state index is 0.0485. The molecule has 0 bridgehead atoms. The van der Waals surface area contributed by atoms with Gasteiger partial charge in [0.2, 0.25) is 5.91 Å². The summed E-state index contributed by atoms with van der Waals surface area (Å²) in [6.07, 6.45) is 8.34. The molecule has 1 saturated heterocycles. The molecule has 1 spiro atoms. The fourth-order valence-electron chi connectivity index (χ4n) is 3.53. The average molecular weight is 309 g/mol. The Morgan fingerprint density at radius 3 is 2.78 bits per heavy atom. The maximum Gasteiger partial charge on any atom is 0.246 e. The number of amides is 1. The minimum atomic E-state index is -0.193. The van der Waals surface area contributed by atoms with Crippen molar-refractivity contribution in [3.05, 3.63) is 65.6 Å². The predicted molar refractivity (Wildman–Crippen MR) is 86.5 cm³/mol. The van der Waals surface area contributed by atoms with Gasteiger partial charge in [0.05, 0.1) is 24.7 Å². The van der Waals surface area contributed by atoms with E-state index in [-0.39, 0.29) is 11.5 Å². The normalized spacial score (nSPS) is 19.4. The van der Waals surface area contributed by atoms with E-state index in [9.17, 15) is 4.79 Å². The van der Waals surface area contributed by atoms with E-state index < -0.39 is 0 Å². The molecule has 0 aliphatic carbocycles. The predicted octanol–water partition coefficient (Wildman–Crippen LogP) is 3.34. The summed E-state index contributed by atoms with van der Waals surface area (Å²) in [5.74, 6) is 0.0485. The van der Waals surface area contributed by atoms with Gasteiger partial charge >= 0.3 is 0 Å². The van der Waals surface area contributed by atoms with Crippen LogP contribution >= 0.6 is 0 Å². The quantitative estimate of drug-likeness (QED) is 0.799. The lowest BCUT2D eigenvalue weighted by atomic mass is 9.84. The summed E-state index contributed by atoms with van der Waals surface area (Å²) in [6, 6.07) is 10.3. The van der Waals surface area contributed by atoms with Crippen molar-refractivity contribution in [1.29, 1.82) is 0 Å². The van der Waals surface area contributed by atoms with Crippen LogP contribution in [0.4, 0.5) is 0 Å². The summed E-state index contributed by atoms with van der Waals surface area (Å²) in [5, 5.41) is 0. The molecule has 0 saturated carbocycles. The van der Waals surface area contributed by atoms with E-state index >= 15 is 0 Å². The van der Waals surface area contributed by atoms with Crippen LogP contribution in [0.1, 0.15) is 29.5 Å². The van der Waals surface area contributed by atoms with E-state index in [1.807, 2.05) is 11.0 Å². The monoisotopic (exact) mass is 309 g/mol. The highest BCUT2D eigenvalue weighted by Crippen LogP contribution is 2.43. The van der Waals surface area contributed by atoms with Gasteiger partial charge in [-0.25, -0.2) is 0 Å². The molecule has 0 atom stereocenters. The second-order valence-electron chi connectivity index (χ2n) is 6.16. The van der Waals surface area contributed by atoms with Crippen molar-refractivity contribution in [2.75, 3.05) is 13.1 Å². The van der Waals surface area contributed by atoms with Gasteiger partial charge < -0.3 is 14.1 Å². The van der Waals surface area contributed by atoms with Gasteiger partial charge in [0.25, 0.3) is 0 Å². The van der Waals surface area contributed by atoms with Crippen LogP contribution in [0.3, 0.4) is 0 Å². The minimum Gasteiger partial charge on any atom is -0.472 e. The number of carbonyl (C=O) groups excluding carboxylic acids is 1. The van der Waals surface area contributed by atoms with E-state index in [1.165, 1.54) is 11.1 Å². The number of piperidine rings is 1. The third-order valence-corrected chi connectivity index (χ3v) is 4.86. The summed E-state index contributed by atoms with van der Waals surface area (Å²) in [7, 11) is 0. The number of carbonyl (C=O) groups is 1. The molecular weight excluding hydrogens is 290 g/mol. The zero-order valence-electron chi connectivity index (χ0n) is 12.9. The van der Waals surface area contributed by atoms with Crippen LogP contribution in [0, 0.1) is 0 Å². The summed E-state index contributed by atoms with van der Waals surface area (Å²) < 4.78 is 11.1. The van der Waals surface area contributed by atoms with Crippen LogP contribution < -0.4 is 0 Å². The fourth-order valence-corrected chi connectivity index (χ4v) is 3.53. The number of nitrogens with zero attached hydrogens (tertiary/aromatic N) is 1. The third kappa shape index (κ3) is 2.59. The number of likely N-dealkylation sites (tertiary alicyclic amines) is 1. The Morgan fingerprint density at radius 2 is 2.00 bits per heavy atom. The molecule has 1 fully saturated rings. The van der Waals surface area contributed by atoms with E-state index in [0.29, 0.717) is 6.61 Å². The first-order valence-corrected chi connectivity index (χ1v) is 7.98. The van der Waals surface area contributed by atoms with E-state index in [2.05, 4.69) is 24.3 Å². The topological polar surface area (TPSA) is 42.7 Å². The van der Waals surface area contributed by atoms with Crippen molar-refractivity contribution < 1.29 is 13.9 Å². The lowest BCUT2D eigenvalue weighted by molar-refractivity contribution is -0.133. The number of furan rings is 1. The summed E-state index contributed by atoms with van der Waals surface area (Å²) in [6.45, 7) is 2.14. The molecule has 1 aromatic carbocycles. The zero-order valence-corrected chi connectivity index (χ0v) is 12.9. The molecule has 4 nitrogen and oxygen atoms in total. The van der Waals surface area contributed by atoms with Crippen LogP contribution in [0.15, 0.2) is 53.4 Å². The van der Waals surface area contributed by atoms with Crippen molar-refractivity contribution >= 4 is 12.0 Å². The average Bonchev–Trinajstić information content (AvgIpc) is 3.23. The number of fused-ring (bicyclic) bond motifs is 2. The van der Waals surface area contributed by atoms with Crippen molar-refractivity contribution in [3.63, 3.8) is 0 Å². The van der Waals surface area contributed by atoms with Crippen LogP contribution in [0.25, 0.3) is 6.08 Å². The molecule has 1 amide bonds. The Hall–Kier alpha value is -2.33. The van der Waals surface area contributed by atoms with Crippen molar-refractivity contribution in [2.24, 2.45) is 0 Å². The largest absolute Gasteiger partial charge is 0.472 e. The Labute approximate surface area is 135 Å². The fraction of sp³-hybridized carbons (Fsp3) is 0.316. The van der Waals surface area contributed by atoms with E-state index in [0.717, 1.165) is 31.5 Å². The van der Waals surface area contributed by atoms with Gasteiger partial charge in [0.15, 0.2) is 0 Å². The molecule has 0 unspecified atom stereocenters. The first kappa shape index (κ1) is 14.3. The Kier molecular flexibility index (Phi) is 3.54. The number of benzene rings is 1. The number of hydrogen-bond donors (Lipinski definition) is 0. The molecule has 0 N–H and O–H groups in total. The Morgan fingerprint density at radius 1 is 1.17 bits per heavy atom. The third-order valence-electron chi connectivity index (χ3n) is 4.86. The molecule has 2 aliphatic heterocycles. The Bertz CT molecular complexity index is 725. The van der Waals surface area contributed by atoms with Crippen molar-refractivity contribution in [2.45, 2.75) is 25.0 Å². The number of hydrogen-bond acceptors (Lipinski definition) is 3.